The van der Waals surface area contributed by atoms with Crippen molar-refractivity contribution in [1.29, 1.82) is 0 Å². The van der Waals surface area contributed by atoms with Crippen LogP contribution in [-0.4, -0.2) is 45.6 Å². The van der Waals surface area contributed by atoms with Gasteiger partial charge >= 0.3 is 0 Å². The highest BCUT2D eigenvalue weighted by Crippen LogP contribution is 2.25. The van der Waals surface area contributed by atoms with Gasteiger partial charge in [0, 0.05) is 38.6 Å². The number of hydrogen-bond donors (Lipinski definition) is 1. The van der Waals surface area contributed by atoms with Crippen LogP contribution in [0.5, 0.6) is 0 Å². The molecule has 1 amide bonds. The molecule has 148 valence electrons. The predicted octanol–water partition coefficient (Wildman–Crippen LogP) is 2.63. The zero-order valence-electron chi connectivity index (χ0n) is 16.9. The topological polar surface area (TPSA) is 59.3 Å². The van der Waals surface area contributed by atoms with E-state index in [1.165, 1.54) is 19.3 Å². The lowest BCUT2D eigenvalue weighted by molar-refractivity contribution is 0.0931. The zero-order chi connectivity index (χ0) is 19.8. The van der Waals surface area contributed by atoms with Crippen molar-refractivity contribution in [2.75, 3.05) is 19.6 Å². The van der Waals surface area contributed by atoms with Gasteiger partial charge in [0.25, 0.3) is 11.5 Å². The third-order valence-electron chi connectivity index (χ3n) is 6.15. The van der Waals surface area contributed by atoms with Crippen LogP contribution in [0.2, 0.25) is 0 Å². The number of nitrogens with one attached hydrogen (secondary N) is 1. The summed E-state index contributed by atoms with van der Waals surface area (Å²) < 4.78 is 3.50. The van der Waals surface area contributed by atoms with E-state index in [4.69, 9.17) is 0 Å². The molecule has 1 N–H and O–H groups in total. The van der Waals surface area contributed by atoms with E-state index in [2.05, 4.69) is 17.1 Å². The van der Waals surface area contributed by atoms with Gasteiger partial charge in [-0.2, -0.15) is 0 Å². The van der Waals surface area contributed by atoms with Crippen LogP contribution in [0.1, 0.15) is 36.7 Å². The number of carbonyl (C=O) groups excluding carboxylic acids is 1. The average molecular weight is 380 g/mol. The van der Waals surface area contributed by atoms with Crippen LogP contribution in [-0.2, 0) is 14.1 Å². The fraction of sp³-hybridized carbons (Fsp3) is 0.455. The Hall–Kier alpha value is -2.60. The first-order chi connectivity index (χ1) is 13.5. The van der Waals surface area contributed by atoms with Crippen molar-refractivity contribution in [3.63, 3.8) is 0 Å². The maximum absolute atomic E-state index is 12.8. The number of aromatic nitrogens is 2. The summed E-state index contributed by atoms with van der Waals surface area (Å²) in [5.74, 6) is -0.130. The van der Waals surface area contributed by atoms with Crippen LogP contribution < -0.4 is 10.9 Å². The number of piperidine rings is 1. The van der Waals surface area contributed by atoms with Crippen molar-refractivity contribution in [2.24, 2.45) is 14.1 Å². The number of fused-ring (bicyclic) bond motifs is 3. The first kappa shape index (κ1) is 18.7. The number of rotatable bonds is 4. The van der Waals surface area contributed by atoms with Gasteiger partial charge in [-0.05, 0) is 38.4 Å². The highest BCUT2D eigenvalue weighted by Gasteiger charge is 2.20. The summed E-state index contributed by atoms with van der Waals surface area (Å²) in [7, 11) is 3.63. The van der Waals surface area contributed by atoms with Gasteiger partial charge in [0.05, 0.1) is 16.4 Å². The maximum Gasteiger partial charge on any atom is 0.267 e. The minimum atomic E-state index is -0.130. The summed E-state index contributed by atoms with van der Waals surface area (Å²) in [5.41, 5.74) is 2.13. The number of para-hydroxylation sites is 1. The molecule has 0 bridgehead atoms. The highest BCUT2D eigenvalue weighted by atomic mass is 16.2. The van der Waals surface area contributed by atoms with Gasteiger partial charge in [0.1, 0.15) is 5.69 Å². The fourth-order valence-corrected chi connectivity index (χ4v) is 4.46. The van der Waals surface area contributed by atoms with Crippen molar-refractivity contribution in [1.82, 2.24) is 19.4 Å². The molecule has 1 fully saturated rings. The van der Waals surface area contributed by atoms with E-state index in [0.717, 1.165) is 29.5 Å². The molecular formula is C22H28N4O2. The molecule has 1 aromatic carbocycles. The first-order valence-electron chi connectivity index (χ1n) is 10.1. The van der Waals surface area contributed by atoms with Crippen molar-refractivity contribution < 1.29 is 4.79 Å². The minimum Gasteiger partial charge on any atom is -0.349 e. The van der Waals surface area contributed by atoms with E-state index in [-0.39, 0.29) is 11.5 Å². The van der Waals surface area contributed by atoms with Crippen molar-refractivity contribution in [3.8, 4) is 0 Å². The zero-order valence-corrected chi connectivity index (χ0v) is 16.9. The Kier molecular flexibility index (Phi) is 4.98. The van der Waals surface area contributed by atoms with Gasteiger partial charge in [0.15, 0.2) is 0 Å². The van der Waals surface area contributed by atoms with Crippen molar-refractivity contribution in [2.45, 2.75) is 32.2 Å². The van der Waals surface area contributed by atoms with Crippen LogP contribution in [0.25, 0.3) is 21.8 Å². The number of amides is 1. The van der Waals surface area contributed by atoms with E-state index >= 15 is 0 Å². The third-order valence-corrected chi connectivity index (χ3v) is 6.15. The molecule has 1 atom stereocenters. The largest absolute Gasteiger partial charge is 0.349 e. The second-order valence-corrected chi connectivity index (χ2v) is 7.87. The summed E-state index contributed by atoms with van der Waals surface area (Å²) in [6.45, 7) is 4.84. The summed E-state index contributed by atoms with van der Waals surface area (Å²) in [6, 6.07) is 10.1. The Bertz CT molecular complexity index is 1100. The number of nitrogens with zero attached hydrogens (tertiary/aromatic N) is 3. The molecule has 3 aromatic rings. The van der Waals surface area contributed by atoms with E-state index in [0.29, 0.717) is 23.7 Å². The van der Waals surface area contributed by atoms with E-state index in [1.54, 1.807) is 17.7 Å². The molecule has 1 saturated heterocycles. The Morgan fingerprint density at radius 1 is 1.14 bits per heavy atom. The molecule has 28 heavy (non-hydrogen) atoms. The molecule has 6 nitrogen and oxygen atoms in total. The number of aryl methyl sites for hydroxylation is 2. The van der Waals surface area contributed by atoms with E-state index in [9.17, 15) is 9.59 Å². The van der Waals surface area contributed by atoms with Crippen LogP contribution in [0.3, 0.4) is 0 Å². The Balaban J connectivity index is 1.61. The molecule has 0 spiro atoms. The fourth-order valence-electron chi connectivity index (χ4n) is 4.46. The van der Waals surface area contributed by atoms with Crippen LogP contribution in [0, 0.1) is 0 Å². The standard InChI is InChI=1S/C22H28N4O2/c1-15-8-6-7-12-26(15)13-11-23-21(27)19-14-17-20(24(19)2)16-9-4-5-10-18(16)25(3)22(17)28/h4-5,9-10,14-15H,6-8,11-13H2,1-3H3,(H,23,27)/t15-/m1/s1. The lowest BCUT2D eigenvalue weighted by Crippen LogP contribution is -2.42. The van der Waals surface area contributed by atoms with Gasteiger partial charge in [-0.25, -0.2) is 0 Å². The number of pyridine rings is 1. The second kappa shape index (κ2) is 7.43. The number of carbonyl (C=O) groups is 1. The normalized spacial score (nSPS) is 18.0. The molecular weight excluding hydrogens is 352 g/mol. The van der Waals surface area contributed by atoms with Gasteiger partial charge in [0.2, 0.25) is 0 Å². The van der Waals surface area contributed by atoms with Crippen LogP contribution >= 0.6 is 0 Å². The SMILES string of the molecule is C[C@@H]1CCCCN1CCNC(=O)c1cc2c(=O)n(C)c3ccccc3c2n1C. The molecule has 0 radical (unpaired) electrons. The number of hydrogen-bond acceptors (Lipinski definition) is 3. The lowest BCUT2D eigenvalue weighted by atomic mass is 10.0. The lowest BCUT2D eigenvalue weighted by Gasteiger charge is -2.33. The molecule has 1 aliphatic heterocycles. The summed E-state index contributed by atoms with van der Waals surface area (Å²) in [4.78, 5) is 28.1. The molecule has 0 saturated carbocycles. The molecule has 6 heteroatoms. The number of benzene rings is 1. The molecule has 4 rings (SSSR count). The van der Waals surface area contributed by atoms with Crippen LogP contribution in [0.4, 0.5) is 0 Å². The van der Waals surface area contributed by atoms with Crippen LogP contribution in [0.15, 0.2) is 35.1 Å². The Morgan fingerprint density at radius 3 is 2.71 bits per heavy atom. The minimum absolute atomic E-state index is 0.0782. The predicted molar refractivity (Wildman–Crippen MR) is 113 cm³/mol. The summed E-state index contributed by atoms with van der Waals surface area (Å²) in [6.07, 6.45) is 3.76. The van der Waals surface area contributed by atoms with E-state index in [1.807, 2.05) is 35.9 Å². The van der Waals surface area contributed by atoms with Gasteiger partial charge in [-0.15, -0.1) is 0 Å². The smallest absolute Gasteiger partial charge is 0.267 e. The van der Waals surface area contributed by atoms with E-state index < -0.39 is 0 Å². The number of likely N-dealkylation sites (tertiary alicyclic amines) is 1. The quantitative estimate of drug-likeness (QED) is 0.757. The molecule has 2 aromatic heterocycles. The van der Waals surface area contributed by atoms with Crippen molar-refractivity contribution >= 4 is 27.7 Å². The van der Waals surface area contributed by atoms with Gasteiger partial charge < -0.3 is 14.5 Å². The third kappa shape index (κ3) is 3.11. The Labute approximate surface area is 164 Å². The molecule has 1 aliphatic rings. The summed E-state index contributed by atoms with van der Waals surface area (Å²) >= 11 is 0. The second-order valence-electron chi connectivity index (χ2n) is 7.87. The molecule has 0 unspecified atom stereocenters. The maximum atomic E-state index is 12.8. The molecule has 3 heterocycles. The van der Waals surface area contributed by atoms with Gasteiger partial charge in [-0.1, -0.05) is 24.6 Å². The molecule has 0 aliphatic carbocycles. The monoisotopic (exact) mass is 380 g/mol. The average Bonchev–Trinajstić information content (AvgIpc) is 3.05. The first-order valence-corrected chi connectivity index (χ1v) is 10.1. The Morgan fingerprint density at radius 2 is 1.93 bits per heavy atom. The van der Waals surface area contributed by atoms with Crippen molar-refractivity contribution in [3.05, 3.63) is 46.4 Å². The highest BCUT2D eigenvalue weighted by molar-refractivity contribution is 6.08. The van der Waals surface area contributed by atoms with Gasteiger partial charge in [-0.3, -0.25) is 14.5 Å². The summed E-state index contributed by atoms with van der Waals surface area (Å²) in [5, 5.41) is 4.60.